The molecule has 1 rings (SSSR count). The zero-order chi connectivity index (χ0) is 6.69. The van der Waals surface area contributed by atoms with E-state index < -0.39 is 0 Å². The predicted molar refractivity (Wildman–Crippen MR) is 40.4 cm³/mol. The van der Waals surface area contributed by atoms with Crippen LogP contribution in [-0.2, 0) is 0 Å². The Morgan fingerprint density at radius 1 is 1.44 bits per heavy atom. The SMILES string of the molecule is C/C=C/[C@H]1CC[C@@H](C)N1. The third kappa shape index (κ3) is 1.83. The van der Waals surface area contributed by atoms with Crippen LogP contribution in [0.25, 0.3) is 0 Å². The van der Waals surface area contributed by atoms with Crippen molar-refractivity contribution in [2.45, 2.75) is 38.8 Å². The molecule has 0 aromatic heterocycles. The first-order valence-electron chi connectivity index (χ1n) is 3.72. The first kappa shape index (κ1) is 6.81. The summed E-state index contributed by atoms with van der Waals surface area (Å²) >= 11 is 0. The Labute approximate surface area is 57.1 Å². The van der Waals surface area contributed by atoms with Crippen LogP contribution in [0.5, 0.6) is 0 Å². The summed E-state index contributed by atoms with van der Waals surface area (Å²) in [5, 5.41) is 3.47. The summed E-state index contributed by atoms with van der Waals surface area (Å²) in [4.78, 5) is 0. The van der Waals surface area contributed by atoms with Gasteiger partial charge in [0.05, 0.1) is 0 Å². The normalized spacial score (nSPS) is 36.2. The highest BCUT2D eigenvalue weighted by molar-refractivity contribution is 4.96. The standard InChI is InChI=1S/C8H15N/c1-3-4-8-6-5-7(2)9-8/h3-4,7-9H,5-6H2,1-2H3/b4-3+/t7-,8+/m1/s1. The first-order chi connectivity index (χ1) is 4.33. The minimum absolute atomic E-state index is 0.657. The second-order valence-corrected chi connectivity index (χ2v) is 2.78. The lowest BCUT2D eigenvalue weighted by Crippen LogP contribution is -2.24. The molecule has 1 aliphatic rings. The Hall–Kier alpha value is -0.300. The molecule has 1 heterocycles. The molecular weight excluding hydrogens is 110 g/mol. The van der Waals surface area contributed by atoms with Crippen molar-refractivity contribution < 1.29 is 0 Å². The van der Waals surface area contributed by atoms with Gasteiger partial charge in [0.15, 0.2) is 0 Å². The Kier molecular flexibility index (Phi) is 2.29. The predicted octanol–water partition coefficient (Wildman–Crippen LogP) is 1.70. The van der Waals surface area contributed by atoms with Gasteiger partial charge in [0.2, 0.25) is 0 Å². The molecule has 0 amide bonds. The number of hydrogen-bond donors (Lipinski definition) is 1. The number of allylic oxidation sites excluding steroid dienone is 1. The molecule has 1 fully saturated rings. The molecule has 0 aromatic carbocycles. The molecule has 0 bridgehead atoms. The van der Waals surface area contributed by atoms with Crippen LogP contribution in [0.15, 0.2) is 12.2 Å². The fourth-order valence-corrected chi connectivity index (χ4v) is 1.35. The molecule has 0 unspecified atom stereocenters. The molecule has 1 N–H and O–H groups in total. The van der Waals surface area contributed by atoms with Gasteiger partial charge in [-0.15, -0.1) is 0 Å². The maximum Gasteiger partial charge on any atom is 0.0252 e. The molecule has 9 heavy (non-hydrogen) atoms. The maximum absolute atomic E-state index is 3.47. The highest BCUT2D eigenvalue weighted by Gasteiger charge is 2.16. The molecule has 0 aromatic rings. The molecule has 0 saturated carbocycles. The molecule has 52 valence electrons. The summed E-state index contributed by atoms with van der Waals surface area (Å²) in [6.45, 7) is 4.31. The lowest BCUT2D eigenvalue weighted by atomic mass is 10.2. The van der Waals surface area contributed by atoms with Crippen LogP contribution >= 0.6 is 0 Å². The van der Waals surface area contributed by atoms with E-state index in [1.54, 1.807) is 0 Å². The Morgan fingerprint density at radius 3 is 2.67 bits per heavy atom. The topological polar surface area (TPSA) is 12.0 Å². The highest BCUT2D eigenvalue weighted by Crippen LogP contribution is 2.11. The molecule has 1 saturated heterocycles. The quantitative estimate of drug-likeness (QED) is 0.526. The largest absolute Gasteiger partial charge is 0.308 e. The minimum atomic E-state index is 0.657. The second-order valence-electron chi connectivity index (χ2n) is 2.78. The summed E-state index contributed by atoms with van der Waals surface area (Å²) in [5.41, 5.74) is 0. The van der Waals surface area contributed by atoms with Crippen molar-refractivity contribution in [2.75, 3.05) is 0 Å². The van der Waals surface area contributed by atoms with Gasteiger partial charge in [-0.05, 0) is 26.7 Å². The van der Waals surface area contributed by atoms with Gasteiger partial charge in [0, 0.05) is 12.1 Å². The van der Waals surface area contributed by atoms with E-state index in [1.165, 1.54) is 12.8 Å². The van der Waals surface area contributed by atoms with Crippen LogP contribution in [0.1, 0.15) is 26.7 Å². The van der Waals surface area contributed by atoms with Crippen molar-refractivity contribution >= 4 is 0 Å². The second kappa shape index (κ2) is 3.02. The van der Waals surface area contributed by atoms with Gasteiger partial charge >= 0.3 is 0 Å². The third-order valence-electron chi connectivity index (χ3n) is 1.83. The molecule has 0 spiro atoms. The van der Waals surface area contributed by atoms with Crippen LogP contribution in [0.4, 0.5) is 0 Å². The van der Waals surface area contributed by atoms with E-state index in [2.05, 4.69) is 31.3 Å². The van der Waals surface area contributed by atoms with Gasteiger partial charge in [0.25, 0.3) is 0 Å². The first-order valence-corrected chi connectivity index (χ1v) is 3.72. The fourth-order valence-electron chi connectivity index (χ4n) is 1.35. The van der Waals surface area contributed by atoms with E-state index in [-0.39, 0.29) is 0 Å². The average Bonchev–Trinajstić information content (AvgIpc) is 2.17. The zero-order valence-corrected chi connectivity index (χ0v) is 6.22. The molecule has 0 radical (unpaired) electrons. The van der Waals surface area contributed by atoms with E-state index in [9.17, 15) is 0 Å². The van der Waals surface area contributed by atoms with Crippen LogP contribution < -0.4 is 5.32 Å². The van der Waals surface area contributed by atoms with Crippen molar-refractivity contribution in [1.82, 2.24) is 5.32 Å². The Balaban J connectivity index is 2.30. The highest BCUT2D eigenvalue weighted by atomic mass is 15.0. The Morgan fingerprint density at radius 2 is 2.22 bits per heavy atom. The molecule has 1 aliphatic heterocycles. The van der Waals surface area contributed by atoms with E-state index in [1.807, 2.05) is 0 Å². The van der Waals surface area contributed by atoms with Crippen molar-refractivity contribution in [3.8, 4) is 0 Å². The van der Waals surface area contributed by atoms with E-state index in [4.69, 9.17) is 0 Å². The monoisotopic (exact) mass is 125 g/mol. The fraction of sp³-hybridized carbons (Fsp3) is 0.750. The summed E-state index contributed by atoms with van der Waals surface area (Å²) in [5.74, 6) is 0. The summed E-state index contributed by atoms with van der Waals surface area (Å²) in [6, 6.07) is 1.39. The van der Waals surface area contributed by atoms with E-state index in [0.717, 1.165) is 6.04 Å². The van der Waals surface area contributed by atoms with Gasteiger partial charge < -0.3 is 5.32 Å². The van der Waals surface area contributed by atoms with Crippen molar-refractivity contribution in [3.05, 3.63) is 12.2 Å². The number of rotatable bonds is 1. The Bertz CT molecular complexity index is 107. The summed E-state index contributed by atoms with van der Waals surface area (Å²) < 4.78 is 0. The molecule has 0 aliphatic carbocycles. The van der Waals surface area contributed by atoms with Gasteiger partial charge in [-0.25, -0.2) is 0 Å². The van der Waals surface area contributed by atoms with Gasteiger partial charge in [0.1, 0.15) is 0 Å². The van der Waals surface area contributed by atoms with Gasteiger partial charge in [-0.3, -0.25) is 0 Å². The van der Waals surface area contributed by atoms with Crippen molar-refractivity contribution in [1.29, 1.82) is 0 Å². The lowest BCUT2D eigenvalue weighted by molar-refractivity contribution is 0.627. The van der Waals surface area contributed by atoms with Gasteiger partial charge in [-0.2, -0.15) is 0 Å². The molecule has 1 nitrogen and oxygen atoms in total. The average molecular weight is 125 g/mol. The molecule has 1 heteroatoms. The zero-order valence-electron chi connectivity index (χ0n) is 6.22. The van der Waals surface area contributed by atoms with E-state index >= 15 is 0 Å². The van der Waals surface area contributed by atoms with Crippen molar-refractivity contribution in [3.63, 3.8) is 0 Å². The minimum Gasteiger partial charge on any atom is -0.308 e. The number of hydrogen-bond acceptors (Lipinski definition) is 1. The van der Waals surface area contributed by atoms with Crippen LogP contribution in [-0.4, -0.2) is 12.1 Å². The van der Waals surface area contributed by atoms with E-state index in [0.29, 0.717) is 6.04 Å². The van der Waals surface area contributed by atoms with Crippen molar-refractivity contribution in [2.24, 2.45) is 0 Å². The van der Waals surface area contributed by atoms with Crippen LogP contribution in [0.3, 0.4) is 0 Å². The maximum atomic E-state index is 3.47. The van der Waals surface area contributed by atoms with Crippen LogP contribution in [0.2, 0.25) is 0 Å². The lowest BCUT2D eigenvalue weighted by Gasteiger charge is -2.04. The van der Waals surface area contributed by atoms with Gasteiger partial charge in [-0.1, -0.05) is 12.2 Å². The molecule has 2 atom stereocenters. The molecular formula is C8H15N. The number of nitrogens with one attached hydrogen (secondary N) is 1. The summed E-state index contributed by atoms with van der Waals surface area (Å²) in [6.07, 6.45) is 7.00. The summed E-state index contributed by atoms with van der Waals surface area (Å²) in [7, 11) is 0. The smallest absolute Gasteiger partial charge is 0.0252 e. The third-order valence-corrected chi connectivity index (χ3v) is 1.83. The van der Waals surface area contributed by atoms with Crippen LogP contribution in [0, 0.1) is 0 Å².